The maximum Gasteiger partial charge on any atom is 0.261 e. The van der Waals surface area contributed by atoms with Crippen molar-refractivity contribution in [2.45, 2.75) is 38.3 Å². The van der Waals surface area contributed by atoms with E-state index in [1.54, 1.807) is 7.05 Å². The molecule has 2 N–H and O–H groups in total. The first-order chi connectivity index (χ1) is 10.3. The zero-order valence-electron chi connectivity index (χ0n) is 13.0. The van der Waals surface area contributed by atoms with Gasteiger partial charge in [0.2, 0.25) is 0 Å². The molecule has 5 nitrogen and oxygen atoms in total. The van der Waals surface area contributed by atoms with Crippen molar-refractivity contribution in [1.29, 1.82) is 0 Å². The van der Waals surface area contributed by atoms with Crippen LogP contribution in [-0.4, -0.2) is 29.9 Å². The lowest BCUT2D eigenvalue weighted by atomic mass is 9.80. The van der Waals surface area contributed by atoms with Gasteiger partial charge in [-0.15, -0.1) is 0 Å². The number of ether oxygens (including phenoxy) is 1. The fraction of sp³-hybridized carbons (Fsp3) is 0.500. The van der Waals surface area contributed by atoms with E-state index in [-0.39, 0.29) is 18.0 Å². The van der Waals surface area contributed by atoms with E-state index >= 15 is 0 Å². The van der Waals surface area contributed by atoms with Crippen molar-refractivity contribution >= 4 is 27.8 Å². The molecule has 0 fully saturated rings. The summed E-state index contributed by atoms with van der Waals surface area (Å²) in [4.78, 5) is 18.8. The molecule has 0 bridgehead atoms. The standard InChI is InChI=1S/C16H20BrN3O2/c1-9(2)6-11-8-16(14(21)20(3)15(18)19-16)12-7-10(17)4-5-13(12)22-11/h4-5,7,9,11H,6,8H2,1-3H3,(H2,18,19)/t11-,16?/m0/s1. The summed E-state index contributed by atoms with van der Waals surface area (Å²) < 4.78 is 7.00. The van der Waals surface area contributed by atoms with Crippen molar-refractivity contribution in [1.82, 2.24) is 4.90 Å². The summed E-state index contributed by atoms with van der Waals surface area (Å²) >= 11 is 3.47. The van der Waals surface area contributed by atoms with Crippen LogP contribution in [0, 0.1) is 5.92 Å². The van der Waals surface area contributed by atoms with Crippen molar-refractivity contribution in [3.8, 4) is 5.75 Å². The summed E-state index contributed by atoms with van der Waals surface area (Å²) in [5, 5.41) is 0. The minimum atomic E-state index is -0.949. The van der Waals surface area contributed by atoms with Gasteiger partial charge in [-0.25, -0.2) is 4.99 Å². The Balaban J connectivity index is 2.12. The van der Waals surface area contributed by atoms with Crippen molar-refractivity contribution < 1.29 is 9.53 Å². The highest BCUT2D eigenvalue weighted by atomic mass is 79.9. The van der Waals surface area contributed by atoms with Gasteiger partial charge >= 0.3 is 0 Å². The molecule has 22 heavy (non-hydrogen) atoms. The smallest absolute Gasteiger partial charge is 0.261 e. The predicted molar refractivity (Wildman–Crippen MR) is 88.7 cm³/mol. The first-order valence-corrected chi connectivity index (χ1v) is 8.23. The van der Waals surface area contributed by atoms with E-state index in [9.17, 15) is 4.79 Å². The molecular formula is C16H20BrN3O2. The SMILES string of the molecule is CC(C)C[C@H]1CC2(N=C(N)N(C)C2=O)c2cc(Br)ccc2O1. The molecule has 0 saturated heterocycles. The quantitative estimate of drug-likeness (QED) is 0.875. The van der Waals surface area contributed by atoms with E-state index in [1.807, 2.05) is 18.2 Å². The summed E-state index contributed by atoms with van der Waals surface area (Å²) in [7, 11) is 1.67. The van der Waals surface area contributed by atoms with Gasteiger partial charge in [-0.3, -0.25) is 9.69 Å². The highest BCUT2D eigenvalue weighted by molar-refractivity contribution is 9.10. The van der Waals surface area contributed by atoms with Crippen LogP contribution >= 0.6 is 15.9 Å². The maximum atomic E-state index is 12.9. The monoisotopic (exact) mass is 365 g/mol. The van der Waals surface area contributed by atoms with Crippen LogP contribution in [0.5, 0.6) is 5.75 Å². The number of hydrogen-bond donors (Lipinski definition) is 1. The maximum absolute atomic E-state index is 12.9. The van der Waals surface area contributed by atoms with Gasteiger partial charge in [0, 0.05) is 23.5 Å². The normalized spacial score (nSPS) is 27.1. The average molecular weight is 366 g/mol. The number of likely N-dealkylation sites (N-methyl/N-ethyl adjacent to an activating group) is 1. The van der Waals surface area contributed by atoms with E-state index in [0.29, 0.717) is 12.3 Å². The minimum Gasteiger partial charge on any atom is -0.490 e. The molecule has 0 aromatic heterocycles. The van der Waals surface area contributed by atoms with Gasteiger partial charge in [0.15, 0.2) is 11.5 Å². The summed E-state index contributed by atoms with van der Waals surface area (Å²) in [6.07, 6.45) is 1.36. The molecule has 1 spiro atoms. The van der Waals surface area contributed by atoms with Crippen LogP contribution in [0.3, 0.4) is 0 Å². The van der Waals surface area contributed by atoms with Crippen molar-refractivity contribution in [3.63, 3.8) is 0 Å². The lowest BCUT2D eigenvalue weighted by Crippen LogP contribution is -2.45. The number of carbonyl (C=O) groups is 1. The number of nitrogens with two attached hydrogens (primary N) is 1. The second kappa shape index (κ2) is 5.26. The van der Waals surface area contributed by atoms with Crippen LogP contribution in [0.2, 0.25) is 0 Å². The molecule has 1 aromatic rings. The van der Waals surface area contributed by atoms with Crippen LogP contribution in [0.1, 0.15) is 32.3 Å². The topological polar surface area (TPSA) is 67.9 Å². The lowest BCUT2D eigenvalue weighted by molar-refractivity contribution is -0.132. The Bertz CT molecular complexity index is 659. The van der Waals surface area contributed by atoms with Gasteiger partial charge in [-0.2, -0.15) is 0 Å². The average Bonchev–Trinajstić information content (AvgIpc) is 2.64. The predicted octanol–water partition coefficient (Wildman–Crippen LogP) is 2.63. The number of nitrogens with zero attached hydrogens (tertiary/aromatic N) is 2. The molecular weight excluding hydrogens is 346 g/mol. The van der Waals surface area contributed by atoms with Gasteiger partial charge in [-0.05, 0) is 30.5 Å². The molecule has 0 aliphatic carbocycles. The molecule has 0 saturated carbocycles. The van der Waals surface area contributed by atoms with Crippen LogP contribution in [0.4, 0.5) is 0 Å². The van der Waals surface area contributed by atoms with Crippen LogP contribution in [0.15, 0.2) is 27.7 Å². The number of carbonyl (C=O) groups excluding carboxylic acids is 1. The van der Waals surface area contributed by atoms with E-state index < -0.39 is 5.54 Å². The second-order valence-electron chi connectivity index (χ2n) is 6.41. The third-order valence-electron chi connectivity index (χ3n) is 4.25. The molecule has 1 aromatic carbocycles. The Kier molecular flexibility index (Phi) is 3.67. The van der Waals surface area contributed by atoms with Crippen molar-refractivity contribution in [2.75, 3.05) is 7.05 Å². The summed E-state index contributed by atoms with van der Waals surface area (Å²) in [6.45, 7) is 4.29. The molecule has 0 radical (unpaired) electrons. The number of benzene rings is 1. The van der Waals surface area contributed by atoms with E-state index in [2.05, 4.69) is 34.8 Å². The van der Waals surface area contributed by atoms with E-state index in [1.165, 1.54) is 4.90 Å². The Morgan fingerprint density at radius 3 is 2.86 bits per heavy atom. The summed E-state index contributed by atoms with van der Waals surface area (Å²) in [5.41, 5.74) is 5.76. The molecule has 1 amide bonds. The Morgan fingerprint density at radius 2 is 2.27 bits per heavy atom. The molecule has 2 aliphatic heterocycles. The van der Waals surface area contributed by atoms with Crippen LogP contribution in [-0.2, 0) is 10.3 Å². The van der Waals surface area contributed by atoms with Gasteiger partial charge in [0.25, 0.3) is 5.91 Å². The number of guanidine groups is 1. The fourth-order valence-corrected chi connectivity index (χ4v) is 3.62. The van der Waals surface area contributed by atoms with Gasteiger partial charge < -0.3 is 10.5 Å². The molecule has 2 heterocycles. The number of aliphatic imine (C=N–C) groups is 1. The Hall–Kier alpha value is -1.56. The highest BCUT2D eigenvalue weighted by Crippen LogP contribution is 2.47. The lowest BCUT2D eigenvalue weighted by Gasteiger charge is -2.37. The molecule has 3 rings (SSSR count). The van der Waals surface area contributed by atoms with Crippen molar-refractivity contribution in [3.05, 3.63) is 28.2 Å². The van der Waals surface area contributed by atoms with E-state index in [4.69, 9.17) is 10.5 Å². The van der Waals surface area contributed by atoms with Gasteiger partial charge in [-0.1, -0.05) is 29.8 Å². The number of rotatable bonds is 2. The zero-order valence-corrected chi connectivity index (χ0v) is 14.6. The van der Waals surface area contributed by atoms with Gasteiger partial charge in [0.05, 0.1) is 0 Å². The largest absolute Gasteiger partial charge is 0.490 e. The Labute approximate surface area is 138 Å². The first-order valence-electron chi connectivity index (χ1n) is 7.43. The van der Waals surface area contributed by atoms with Gasteiger partial charge in [0.1, 0.15) is 11.9 Å². The molecule has 6 heteroatoms. The zero-order chi connectivity index (χ0) is 16.1. The van der Waals surface area contributed by atoms with E-state index in [0.717, 1.165) is 22.2 Å². The molecule has 1 unspecified atom stereocenters. The third-order valence-corrected chi connectivity index (χ3v) is 4.74. The molecule has 2 aliphatic rings. The molecule has 118 valence electrons. The second-order valence-corrected chi connectivity index (χ2v) is 7.32. The minimum absolute atomic E-state index is 0.0410. The first kappa shape index (κ1) is 15.3. The highest BCUT2D eigenvalue weighted by Gasteiger charge is 2.53. The third kappa shape index (κ3) is 2.29. The number of halogens is 1. The summed E-state index contributed by atoms with van der Waals surface area (Å²) in [5.74, 6) is 1.39. The number of fused-ring (bicyclic) bond motifs is 2. The molecule has 2 atom stereocenters. The number of amides is 1. The van der Waals surface area contributed by atoms with Crippen LogP contribution < -0.4 is 10.5 Å². The number of hydrogen-bond acceptors (Lipinski definition) is 4. The van der Waals surface area contributed by atoms with Crippen LogP contribution in [0.25, 0.3) is 0 Å². The Morgan fingerprint density at radius 1 is 1.55 bits per heavy atom. The van der Waals surface area contributed by atoms with Crippen molar-refractivity contribution in [2.24, 2.45) is 16.6 Å². The fourth-order valence-electron chi connectivity index (χ4n) is 3.25. The summed E-state index contributed by atoms with van der Waals surface area (Å²) in [6, 6.07) is 5.72.